The molecule has 1 fully saturated rings. The molecular formula is C13H13N3O4. The van der Waals surface area contributed by atoms with Crippen LogP contribution in [0, 0.1) is 0 Å². The molecule has 7 heteroatoms. The Morgan fingerprint density at radius 2 is 2.00 bits per heavy atom. The highest BCUT2D eigenvalue weighted by Crippen LogP contribution is 2.15. The Morgan fingerprint density at radius 1 is 1.35 bits per heavy atom. The van der Waals surface area contributed by atoms with Gasteiger partial charge in [-0.3, -0.25) is 9.59 Å². The fourth-order valence-electron chi connectivity index (χ4n) is 1.67. The second kappa shape index (κ2) is 5.43. The first kappa shape index (κ1) is 13.6. The number of hydrogen-bond acceptors (Lipinski definition) is 4. The molecule has 2 N–H and O–H groups in total. The van der Waals surface area contributed by atoms with Crippen LogP contribution in [-0.4, -0.2) is 36.4 Å². The highest BCUT2D eigenvalue weighted by molar-refractivity contribution is 6.13. The number of carbonyl (C=O) groups excluding carboxylic acids is 3. The van der Waals surface area contributed by atoms with Crippen molar-refractivity contribution in [1.29, 1.82) is 0 Å². The maximum atomic E-state index is 11.8. The second-order valence-corrected chi connectivity index (χ2v) is 4.08. The molecular weight excluding hydrogens is 262 g/mol. The zero-order valence-corrected chi connectivity index (χ0v) is 10.8. The van der Waals surface area contributed by atoms with Gasteiger partial charge in [0.15, 0.2) is 0 Å². The first-order chi connectivity index (χ1) is 9.51. The van der Waals surface area contributed by atoms with Crippen LogP contribution >= 0.6 is 0 Å². The van der Waals surface area contributed by atoms with E-state index in [1.807, 2.05) is 0 Å². The summed E-state index contributed by atoms with van der Waals surface area (Å²) in [5.74, 6) is -0.415. The van der Waals surface area contributed by atoms with E-state index in [4.69, 9.17) is 4.74 Å². The Bertz CT molecular complexity index is 580. The minimum Gasteiger partial charge on any atom is -0.497 e. The van der Waals surface area contributed by atoms with E-state index < -0.39 is 17.8 Å². The first-order valence-corrected chi connectivity index (χ1v) is 5.77. The lowest BCUT2D eigenvalue weighted by Gasteiger charge is -2.12. The number of benzene rings is 1. The van der Waals surface area contributed by atoms with Gasteiger partial charge in [0.05, 0.1) is 7.11 Å². The van der Waals surface area contributed by atoms with Crippen molar-refractivity contribution >= 4 is 23.5 Å². The predicted octanol–water partition coefficient (Wildman–Crippen LogP) is 0.699. The van der Waals surface area contributed by atoms with E-state index in [0.717, 1.165) is 4.90 Å². The summed E-state index contributed by atoms with van der Waals surface area (Å²) in [5, 5.41) is 4.83. The molecule has 104 valence electrons. The quantitative estimate of drug-likeness (QED) is 0.625. The Labute approximate surface area is 115 Å². The summed E-state index contributed by atoms with van der Waals surface area (Å²) >= 11 is 0. The minimum absolute atomic E-state index is 0.0350. The molecule has 1 saturated heterocycles. The monoisotopic (exact) mass is 275 g/mol. The topological polar surface area (TPSA) is 87.7 Å². The lowest BCUT2D eigenvalue weighted by Crippen LogP contribution is -2.38. The van der Waals surface area contributed by atoms with Crippen LogP contribution in [0.5, 0.6) is 5.75 Å². The van der Waals surface area contributed by atoms with Crippen molar-refractivity contribution in [2.24, 2.45) is 0 Å². The molecule has 1 aromatic rings. The number of amides is 4. The number of hydrogen-bond donors (Lipinski definition) is 2. The molecule has 1 aliphatic rings. The van der Waals surface area contributed by atoms with E-state index in [0.29, 0.717) is 11.4 Å². The average Bonchev–Trinajstić information content (AvgIpc) is 2.66. The van der Waals surface area contributed by atoms with E-state index in [1.54, 1.807) is 24.3 Å². The van der Waals surface area contributed by atoms with Gasteiger partial charge >= 0.3 is 6.03 Å². The van der Waals surface area contributed by atoms with Gasteiger partial charge in [-0.2, -0.15) is 0 Å². The molecule has 1 aliphatic heterocycles. The summed E-state index contributed by atoms with van der Waals surface area (Å²) in [6, 6.07) is 6.03. The van der Waals surface area contributed by atoms with Crippen molar-refractivity contribution in [3.05, 3.63) is 36.5 Å². The van der Waals surface area contributed by atoms with E-state index >= 15 is 0 Å². The summed E-state index contributed by atoms with van der Waals surface area (Å²) in [5.41, 5.74) is 0.508. The third kappa shape index (κ3) is 2.77. The summed E-state index contributed by atoms with van der Waals surface area (Å²) in [4.78, 5) is 35.5. The van der Waals surface area contributed by atoms with Crippen LogP contribution in [0.15, 0.2) is 36.5 Å². The molecule has 0 atom stereocenters. The van der Waals surface area contributed by atoms with Gasteiger partial charge in [0.2, 0.25) is 5.91 Å². The maximum Gasteiger partial charge on any atom is 0.329 e. The molecule has 4 amide bonds. The Morgan fingerprint density at radius 3 is 2.50 bits per heavy atom. The number of carbonyl (C=O) groups is 3. The fourth-order valence-corrected chi connectivity index (χ4v) is 1.67. The number of imide groups is 1. The van der Waals surface area contributed by atoms with Crippen LogP contribution < -0.4 is 15.4 Å². The van der Waals surface area contributed by atoms with E-state index in [2.05, 4.69) is 17.2 Å². The molecule has 0 bridgehead atoms. The molecule has 7 nitrogen and oxygen atoms in total. The van der Waals surface area contributed by atoms with Crippen molar-refractivity contribution in [3.8, 4) is 5.75 Å². The average molecular weight is 275 g/mol. The molecule has 0 radical (unpaired) electrons. The van der Waals surface area contributed by atoms with Crippen molar-refractivity contribution in [1.82, 2.24) is 10.2 Å². The Kier molecular flexibility index (Phi) is 3.69. The molecule has 20 heavy (non-hydrogen) atoms. The predicted molar refractivity (Wildman–Crippen MR) is 71.0 cm³/mol. The summed E-state index contributed by atoms with van der Waals surface area (Å²) < 4.78 is 4.99. The fraction of sp³-hybridized carbons (Fsp3) is 0.154. The first-order valence-electron chi connectivity index (χ1n) is 5.77. The number of rotatable bonds is 4. The molecule has 1 heterocycles. The zero-order valence-electron chi connectivity index (χ0n) is 10.8. The molecule has 1 aromatic carbocycles. The number of anilines is 1. The van der Waals surface area contributed by atoms with Gasteiger partial charge in [-0.05, 0) is 24.3 Å². The standard InChI is InChI=1S/C13H13N3O4/c1-8-12(18)16(13(19)14-8)7-11(17)15-9-3-5-10(20-2)6-4-9/h3-6H,1,7H2,2H3,(H,14,19)(H,15,17). The van der Waals surface area contributed by atoms with Gasteiger partial charge in [0.1, 0.15) is 18.0 Å². The van der Waals surface area contributed by atoms with Gasteiger partial charge in [-0.15, -0.1) is 0 Å². The zero-order chi connectivity index (χ0) is 14.7. The molecule has 0 aromatic heterocycles. The molecule has 0 aliphatic carbocycles. The molecule has 0 saturated carbocycles. The van der Waals surface area contributed by atoms with E-state index in [1.165, 1.54) is 7.11 Å². The van der Waals surface area contributed by atoms with E-state index in [-0.39, 0.29) is 12.2 Å². The van der Waals surface area contributed by atoms with Gasteiger partial charge in [-0.25, -0.2) is 9.69 Å². The van der Waals surface area contributed by atoms with Gasteiger partial charge < -0.3 is 15.4 Å². The normalized spacial score (nSPS) is 14.2. The smallest absolute Gasteiger partial charge is 0.329 e. The molecule has 0 spiro atoms. The Hall–Kier alpha value is -2.83. The second-order valence-electron chi connectivity index (χ2n) is 4.08. The highest BCUT2D eigenvalue weighted by Gasteiger charge is 2.33. The maximum absolute atomic E-state index is 11.8. The SMILES string of the molecule is C=C1NC(=O)N(CC(=O)Nc2ccc(OC)cc2)C1=O. The minimum atomic E-state index is -0.648. The summed E-state index contributed by atoms with van der Waals surface area (Å²) in [6.07, 6.45) is 0. The van der Waals surface area contributed by atoms with Gasteiger partial charge in [0, 0.05) is 5.69 Å². The summed E-state index contributed by atoms with van der Waals surface area (Å²) in [7, 11) is 1.54. The summed E-state index contributed by atoms with van der Waals surface area (Å²) in [6.45, 7) is 3.01. The molecule has 0 unspecified atom stereocenters. The number of nitrogens with zero attached hydrogens (tertiary/aromatic N) is 1. The van der Waals surface area contributed by atoms with E-state index in [9.17, 15) is 14.4 Å². The number of methoxy groups -OCH3 is 1. The lowest BCUT2D eigenvalue weighted by molar-refractivity contribution is -0.127. The van der Waals surface area contributed by atoms with Crippen LogP contribution in [0.4, 0.5) is 10.5 Å². The number of ether oxygens (including phenoxy) is 1. The van der Waals surface area contributed by atoms with Crippen molar-refractivity contribution < 1.29 is 19.1 Å². The van der Waals surface area contributed by atoms with Crippen molar-refractivity contribution in [2.75, 3.05) is 19.0 Å². The van der Waals surface area contributed by atoms with Gasteiger partial charge in [-0.1, -0.05) is 6.58 Å². The Balaban J connectivity index is 1.97. The van der Waals surface area contributed by atoms with Crippen LogP contribution in [0.1, 0.15) is 0 Å². The molecule has 2 rings (SSSR count). The van der Waals surface area contributed by atoms with Gasteiger partial charge in [0.25, 0.3) is 5.91 Å². The van der Waals surface area contributed by atoms with Crippen LogP contribution in [0.3, 0.4) is 0 Å². The number of urea groups is 1. The van der Waals surface area contributed by atoms with Crippen molar-refractivity contribution in [3.63, 3.8) is 0 Å². The lowest BCUT2D eigenvalue weighted by atomic mass is 10.3. The van der Waals surface area contributed by atoms with Crippen LogP contribution in [-0.2, 0) is 9.59 Å². The largest absolute Gasteiger partial charge is 0.497 e. The third-order valence-corrected chi connectivity index (χ3v) is 2.68. The van der Waals surface area contributed by atoms with Crippen LogP contribution in [0.25, 0.3) is 0 Å². The number of nitrogens with one attached hydrogen (secondary N) is 2. The third-order valence-electron chi connectivity index (χ3n) is 2.68. The van der Waals surface area contributed by atoms with Crippen LogP contribution in [0.2, 0.25) is 0 Å². The highest BCUT2D eigenvalue weighted by atomic mass is 16.5. The van der Waals surface area contributed by atoms with Crippen molar-refractivity contribution in [2.45, 2.75) is 0 Å².